The zero-order chi connectivity index (χ0) is 20.3. The van der Waals surface area contributed by atoms with Gasteiger partial charge in [-0.25, -0.2) is 9.67 Å². The van der Waals surface area contributed by atoms with Gasteiger partial charge < -0.3 is 5.32 Å². The average Bonchev–Trinajstić information content (AvgIpc) is 3.05. The normalized spacial score (nSPS) is 11.0. The van der Waals surface area contributed by atoms with Crippen LogP contribution in [0.2, 0.25) is 0 Å². The van der Waals surface area contributed by atoms with E-state index in [0.29, 0.717) is 11.4 Å². The van der Waals surface area contributed by atoms with Crippen LogP contribution < -0.4 is 5.32 Å². The second kappa shape index (κ2) is 8.05. The Bertz CT molecular complexity index is 1080. The fourth-order valence-corrected chi connectivity index (χ4v) is 2.95. The van der Waals surface area contributed by atoms with Crippen LogP contribution in [-0.2, 0) is 0 Å². The van der Waals surface area contributed by atoms with Crippen molar-refractivity contribution in [2.45, 2.75) is 27.7 Å². The van der Waals surface area contributed by atoms with E-state index in [2.05, 4.69) is 40.2 Å². The standard InChI is InChI=1S/C23H24N4O/c1-6-7-8-20-16(3)11-12-22(25-20)26-23(28)19-14-24-27(18(19)5)21-13-15(2)9-10-17(21)4/h6-14H,1H2,2-5H3,(H,25,26,28)/b8-7-. The SMILES string of the molecule is C=C/C=C\c1nc(NC(=O)c2cnn(-c3cc(C)ccc3C)c2C)ccc1C. The predicted molar refractivity (Wildman–Crippen MR) is 114 cm³/mol. The maximum absolute atomic E-state index is 12.8. The summed E-state index contributed by atoms with van der Waals surface area (Å²) in [6.45, 7) is 11.6. The van der Waals surface area contributed by atoms with Crippen molar-refractivity contribution in [2.75, 3.05) is 5.32 Å². The quantitative estimate of drug-likeness (QED) is 0.645. The molecule has 0 saturated carbocycles. The van der Waals surface area contributed by atoms with Crippen LogP contribution >= 0.6 is 0 Å². The van der Waals surface area contributed by atoms with E-state index in [1.165, 1.54) is 0 Å². The Morgan fingerprint density at radius 3 is 2.61 bits per heavy atom. The van der Waals surface area contributed by atoms with Gasteiger partial charge in [-0.15, -0.1) is 0 Å². The van der Waals surface area contributed by atoms with Crippen molar-refractivity contribution in [3.63, 3.8) is 0 Å². The van der Waals surface area contributed by atoms with Gasteiger partial charge in [0.05, 0.1) is 28.8 Å². The number of nitrogens with zero attached hydrogens (tertiary/aromatic N) is 3. The molecular weight excluding hydrogens is 348 g/mol. The number of hydrogen-bond acceptors (Lipinski definition) is 3. The second-order valence-electron chi connectivity index (χ2n) is 6.79. The Kier molecular flexibility index (Phi) is 5.54. The molecule has 28 heavy (non-hydrogen) atoms. The highest BCUT2D eigenvalue weighted by Gasteiger charge is 2.17. The first-order valence-electron chi connectivity index (χ1n) is 9.11. The summed E-state index contributed by atoms with van der Waals surface area (Å²) in [5.41, 5.74) is 6.34. The minimum absolute atomic E-state index is 0.232. The number of pyridine rings is 1. The summed E-state index contributed by atoms with van der Waals surface area (Å²) in [4.78, 5) is 17.3. The molecule has 0 unspecified atom stereocenters. The first kappa shape index (κ1) is 19.3. The van der Waals surface area contributed by atoms with E-state index in [4.69, 9.17) is 0 Å². The molecule has 0 spiro atoms. The maximum Gasteiger partial charge on any atom is 0.260 e. The number of amides is 1. The molecule has 5 nitrogen and oxygen atoms in total. The number of rotatable bonds is 5. The van der Waals surface area contributed by atoms with E-state index in [-0.39, 0.29) is 5.91 Å². The summed E-state index contributed by atoms with van der Waals surface area (Å²) in [5, 5.41) is 7.31. The molecule has 0 atom stereocenters. The fourth-order valence-electron chi connectivity index (χ4n) is 2.95. The zero-order valence-corrected chi connectivity index (χ0v) is 16.7. The molecule has 0 aliphatic heterocycles. The van der Waals surface area contributed by atoms with E-state index < -0.39 is 0 Å². The van der Waals surface area contributed by atoms with Gasteiger partial charge in [0.2, 0.25) is 0 Å². The Morgan fingerprint density at radius 1 is 1.11 bits per heavy atom. The summed E-state index contributed by atoms with van der Waals surface area (Å²) >= 11 is 0. The Balaban J connectivity index is 1.88. The van der Waals surface area contributed by atoms with Crippen molar-refractivity contribution in [3.8, 4) is 5.69 Å². The van der Waals surface area contributed by atoms with Crippen molar-refractivity contribution in [2.24, 2.45) is 0 Å². The van der Waals surface area contributed by atoms with Crippen molar-refractivity contribution < 1.29 is 4.79 Å². The Labute approximate surface area is 165 Å². The number of allylic oxidation sites excluding steroid dienone is 2. The molecule has 0 radical (unpaired) electrons. The topological polar surface area (TPSA) is 59.8 Å². The minimum atomic E-state index is -0.232. The molecule has 0 aliphatic carbocycles. The van der Waals surface area contributed by atoms with Crippen molar-refractivity contribution >= 4 is 17.8 Å². The van der Waals surface area contributed by atoms with E-state index in [9.17, 15) is 4.79 Å². The van der Waals surface area contributed by atoms with Crippen molar-refractivity contribution in [1.82, 2.24) is 14.8 Å². The molecule has 0 aliphatic rings. The van der Waals surface area contributed by atoms with Gasteiger partial charge in [0, 0.05) is 0 Å². The second-order valence-corrected chi connectivity index (χ2v) is 6.79. The van der Waals surface area contributed by atoms with Crippen LogP contribution in [0.15, 0.2) is 55.3 Å². The zero-order valence-electron chi connectivity index (χ0n) is 16.7. The summed E-state index contributed by atoms with van der Waals surface area (Å²) in [6.07, 6.45) is 6.97. The summed E-state index contributed by atoms with van der Waals surface area (Å²) in [7, 11) is 0. The van der Waals surface area contributed by atoms with Gasteiger partial charge in [-0.2, -0.15) is 5.10 Å². The number of anilines is 1. The smallest absolute Gasteiger partial charge is 0.260 e. The van der Waals surface area contributed by atoms with Crippen molar-refractivity contribution in [3.05, 3.63) is 88.9 Å². The lowest BCUT2D eigenvalue weighted by Gasteiger charge is -2.10. The first-order valence-corrected chi connectivity index (χ1v) is 9.11. The molecule has 0 fully saturated rings. The summed E-state index contributed by atoms with van der Waals surface area (Å²) in [5.74, 6) is 0.266. The molecule has 1 N–H and O–H groups in total. The molecule has 2 heterocycles. The number of carbonyl (C=O) groups is 1. The predicted octanol–water partition coefficient (Wildman–Crippen LogP) is 4.95. The van der Waals surface area contributed by atoms with Crippen LogP contribution in [0.1, 0.15) is 38.4 Å². The summed E-state index contributed by atoms with van der Waals surface area (Å²) in [6, 6.07) is 9.91. The molecule has 3 rings (SSSR count). The lowest BCUT2D eigenvalue weighted by Crippen LogP contribution is -2.14. The van der Waals surface area contributed by atoms with Gasteiger partial charge in [-0.05, 0) is 62.6 Å². The molecule has 1 amide bonds. The minimum Gasteiger partial charge on any atom is -0.306 e. The van der Waals surface area contributed by atoms with E-state index in [1.807, 2.05) is 45.9 Å². The van der Waals surface area contributed by atoms with Gasteiger partial charge in [0.15, 0.2) is 0 Å². The number of benzene rings is 1. The van der Waals surface area contributed by atoms with Crippen molar-refractivity contribution in [1.29, 1.82) is 0 Å². The van der Waals surface area contributed by atoms with Gasteiger partial charge in [0.25, 0.3) is 5.91 Å². The average molecular weight is 372 g/mol. The lowest BCUT2D eigenvalue weighted by molar-refractivity contribution is 0.102. The van der Waals surface area contributed by atoms with Crippen LogP contribution in [0.25, 0.3) is 11.8 Å². The highest BCUT2D eigenvalue weighted by Crippen LogP contribution is 2.20. The third-order valence-electron chi connectivity index (χ3n) is 4.62. The van der Waals surface area contributed by atoms with Crippen LogP contribution in [0, 0.1) is 27.7 Å². The highest BCUT2D eigenvalue weighted by atomic mass is 16.1. The van der Waals surface area contributed by atoms with Crippen LogP contribution in [-0.4, -0.2) is 20.7 Å². The molecule has 142 valence electrons. The van der Waals surface area contributed by atoms with Gasteiger partial charge in [-0.1, -0.05) is 36.9 Å². The van der Waals surface area contributed by atoms with Crippen LogP contribution in [0.3, 0.4) is 0 Å². The van der Waals surface area contributed by atoms with Gasteiger partial charge >= 0.3 is 0 Å². The number of carbonyl (C=O) groups excluding carboxylic acids is 1. The van der Waals surface area contributed by atoms with E-state index in [1.54, 1.807) is 23.0 Å². The molecular formula is C23H24N4O. The van der Waals surface area contributed by atoms with E-state index in [0.717, 1.165) is 33.8 Å². The monoisotopic (exact) mass is 372 g/mol. The maximum atomic E-state index is 12.8. The lowest BCUT2D eigenvalue weighted by atomic mass is 10.1. The first-order chi connectivity index (χ1) is 13.4. The molecule has 3 aromatic rings. The van der Waals surface area contributed by atoms with Gasteiger partial charge in [0.1, 0.15) is 5.82 Å². The third kappa shape index (κ3) is 3.93. The van der Waals surface area contributed by atoms with Crippen LogP contribution in [0.5, 0.6) is 0 Å². The Hall–Kier alpha value is -3.47. The molecule has 0 bridgehead atoms. The highest BCUT2D eigenvalue weighted by molar-refractivity contribution is 6.04. The largest absolute Gasteiger partial charge is 0.306 e. The number of aryl methyl sites for hydroxylation is 3. The number of hydrogen-bond donors (Lipinski definition) is 1. The number of nitrogens with one attached hydrogen (secondary N) is 1. The fraction of sp³-hybridized carbons (Fsp3) is 0.174. The third-order valence-corrected chi connectivity index (χ3v) is 4.62. The van der Waals surface area contributed by atoms with Gasteiger partial charge in [-0.3, -0.25) is 4.79 Å². The van der Waals surface area contributed by atoms with E-state index >= 15 is 0 Å². The molecule has 1 aromatic carbocycles. The molecule has 5 heteroatoms. The Morgan fingerprint density at radius 2 is 1.86 bits per heavy atom. The molecule has 0 saturated heterocycles. The van der Waals surface area contributed by atoms with Crippen LogP contribution in [0.4, 0.5) is 5.82 Å². The molecule has 2 aromatic heterocycles. The summed E-state index contributed by atoms with van der Waals surface area (Å²) < 4.78 is 1.80. The number of aromatic nitrogens is 3.